The number of nitrogens with one attached hydrogen (secondary N) is 2. The lowest BCUT2D eigenvalue weighted by atomic mass is 10.2. The molecule has 0 radical (unpaired) electrons. The number of ether oxygens (including phenoxy) is 1. The second-order valence-corrected chi connectivity index (χ2v) is 4.98. The van der Waals surface area contributed by atoms with E-state index >= 15 is 0 Å². The molecule has 2 rings (SSSR count). The van der Waals surface area contributed by atoms with Gasteiger partial charge in [0.2, 0.25) is 5.91 Å². The summed E-state index contributed by atoms with van der Waals surface area (Å²) in [5, 5.41) is 15.0. The van der Waals surface area contributed by atoms with Crippen molar-refractivity contribution in [1.29, 1.82) is 5.26 Å². The second kappa shape index (κ2) is 8.84. The van der Waals surface area contributed by atoms with Crippen LogP contribution >= 0.6 is 0 Å². The Morgan fingerprint density at radius 2 is 2.00 bits per heavy atom. The zero-order valence-corrected chi connectivity index (χ0v) is 13.5. The van der Waals surface area contributed by atoms with Gasteiger partial charge in [-0.05, 0) is 48.0 Å². The maximum absolute atomic E-state index is 12.1. The van der Waals surface area contributed by atoms with Crippen LogP contribution in [-0.2, 0) is 4.79 Å². The smallest absolute Gasteiger partial charge is 0.271 e. The number of nitrogens with zero attached hydrogens (tertiary/aromatic N) is 2. The molecule has 0 aromatic heterocycles. The topological polar surface area (TPSA) is 104 Å². The minimum Gasteiger partial charge on any atom is -0.479 e. The van der Waals surface area contributed by atoms with E-state index in [-0.39, 0.29) is 12.5 Å². The molecule has 0 bridgehead atoms. The van der Waals surface area contributed by atoms with Gasteiger partial charge in [0.05, 0.1) is 6.21 Å². The van der Waals surface area contributed by atoms with Gasteiger partial charge in [0, 0.05) is 18.2 Å². The quantitative estimate of drug-likeness (QED) is 0.624. The first kappa shape index (κ1) is 17.7. The van der Waals surface area contributed by atoms with Gasteiger partial charge in [0.1, 0.15) is 11.8 Å². The average molecular weight is 336 g/mol. The molecule has 7 heteroatoms. The molecule has 0 saturated carbocycles. The van der Waals surface area contributed by atoms with Crippen LogP contribution in [0.5, 0.6) is 5.75 Å². The lowest BCUT2D eigenvalue weighted by molar-refractivity contribution is -0.114. The molecule has 0 aliphatic carbocycles. The normalized spacial score (nSPS) is 10.1. The third kappa shape index (κ3) is 5.80. The summed E-state index contributed by atoms with van der Waals surface area (Å²) in [6, 6.07) is 15.3. The lowest BCUT2D eigenvalue weighted by Gasteiger charge is -2.04. The molecule has 0 saturated heterocycles. The standard InChI is InChI=1S/C18H16N4O3/c1-13(23)21-16-4-2-3-15(11-16)18(24)22-20-12-14-5-7-17(8-6-14)25-10-9-19/h2-8,11-12H,10H2,1H3,(H,21,23)(H,22,24). The van der Waals surface area contributed by atoms with E-state index in [4.69, 9.17) is 10.00 Å². The van der Waals surface area contributed by atoms with Crippen molar-refractivity contribution in [2.45, 2.75) is 6.92 Å². The van der Waals surface area contributed by atoms with Gasteiger partial charge in [0.25, 0.3) is 5.91 Å². The Labute approximate surface area is 144 Å². The number of benzene rings is 2. The monoisotopic (exact) mass is 336 g/mol. The molecule has 0 atom stereocenters. The van der Waals surface area contributed by atoms with Crippen LogP contribution < -0.4 is 15.5 Å². The molecule has 25 heavy (non-hydrogen) atoms. The molecule has 2 N–H and O–H groups in total. The summed E-state index contributed by atoms with van der Waals surface area (Å²) in [5.74, 6) is -0.0206. The number of anilines is 1. The predicted molar refractivity (Wildman–Crippen MR) is 93.4 cm³/mol. The molecule has 0 spiro atoms. The Kier molecular flexibility index (Phi) is 6.25. The maximum atomic E-state index is 12.1. The number of rotatable bonds is 6. The summed E-state index contributed by atoms with van der Waals surface area (Å²) < 4.78 is 5.14. The first-order valence-corrected chi connectivity index (χ1v) is 7.39. The Hall–Kier alpha value is -3.66. The average Bonchev–Trinajstić information content (AvgIpc) is 2.60. The van der Waals surface area contributed by atoms with Crippen LogP contribution in [0.15, 0.2) is 53.6 Å². The number of hydrogen-bond acceptors (Lipinski definition) is 5. The van der Waals surface area contributed by atoms with Crippen LogP contribution in [0.25, 0.3) is 0 Å². The molecule has 2 aromatic carbocycles. The zero-order chi connectivity index (χ0) is 18.1. The second-order valence-electron chi connectivity index (χ2n) is 4.98. The Balaban J connectivity index is 1.94. The van der Waals surface area contributed by atoms with Crippen LogP contribution in [0.3, 0.4) is 0 Å². The van der Waals surface area contributed by atoms with Crippen molar-refractivity contribution in [3.8, 4) is 11.8 Å². The molecular formula is C18H16N4O3. The highest BCUT2D eigenvalue weighted by molar-refractivity contribution is 5.97. The summed E-state index contributed by atoms with van der Waals surface area (Å²) in [6.45, 7) is 1.38. The summed E-state index contributed by atoms with van der Waals surface area (Å²) in [5.41, 5.74) is 4.10. The SMILES string of the molecule is CC(=O)Nc1cccc(C(=O)NN=Cc2ccc(OCC#N)cc2)c1. The third-order valence-electron chi connectivity index (χ3n) is 3.01. The molecule has 7 nitrogen and oxygen atoms in total. The van der Waals surface area contributed by atoms with E-state index in [0.717, 1.165) is 5.56 Å². The molecule has 2 aromatic rings. The van der Waals surface area contributed by atoms with Crippen molar-refractivity contribution in [2.24, 2.45) is 5.10 Å². The van der Waals surface area contributed by atoms with Crippen molar-refractivity contribution < 1.29 is 14.3 Å². The van der Waals surface area contributed by atoms with Crippen molar-refractivity contribution in [3.63, 3.8) is 0 Å². The van der Waals surface area contributed by atoms with Gasteiger partial charge < -0.3 is 10.1 Å². The molecular weight excluding hydrogens is 320 g/mol. The lowest BCUT2D eigenvalue weighted by Crippen LogP contribution is -2.18. The van der Waals surface area contributed by atoms with Crippen molar-refractivity contribution in [2.75, 3.05) is 11.9 Å². The van der Waals surface area contributed by atoms with Crippen LogP contribution in [0.1, 0.15) is 22.8 Å². The summed E-state index contributed by atoms with van der Waals surface area (Å²) in [4.78, 5) is 23.1. The fraction of sp³-hybridized carbons (Fsp3) is 0.111. The number of carbonyl (C=O) groups excluding carboxylic acids is 2. The van der Waals surface area contributed by atoms with E-state index in [1.165, 1.54) is 13.1 Å². The number of hydrogen-bond donors (Lipinski definition) is 2. The van der Waals surface area contributed by atoms with Gasteiger partial charge in [-0.25, -0.2) is 5.43 Å². The first-order valence-electron chi connectivity index (χ1n) is 7.39. The Morgan fingerprint density at radius 1 is 1.24 bits per heavy atom. The highest BCUT2D eigenvalue weighted by Gasteiger charge is 2.05. The van der Waals surface area contributed by atoms with E-state index in [1.54, 1.807) is 48.5 Å². The molecule has 0 aliphatic heterocycles. The maximum Gasteiger partial charge on any atom is 0.271 e. The molecule has 0 fully saturated rings. The van der Waals surface area contributed by atoms with Crippen LogP contribution in [0.4, 0.5) is 5.69 Å². The Morgan fingerprint density at radius 3 is 2.68 bits per heavy atom. The summed E-state index contributed by atoms with van der Waals surface area (Å²) >= 11 is 0. The van der Waals surface area contributed by atoms with E-state index in [1.807, 2.05) is 6.07 Å². The number of amides is 2. The fourth-order valence-corrected chi connectivity index (χ4v) is 1.94. The zero-order valence-electron chi connectivity index (χ0n) is 13.5. The van der Waals surface area contributed by atoms with E-state index in [9.17, 15) is 9.59 Å². The Bertz CT molecular complexity index is 823. The van der Waals surface area contributed by atoms with Gasteiger partial charge >= 0.3 is 0 Å². The van der Waals surface area contributed by atoms with Crippen LogP contribution in [0, 0.1) is 11.3 Å². The van der Waals surface area contributed by atoms with Crippen LogP contribution in [0.2, 0.25) is 0 Å². The predicted octanol–water partition coefficient (Wildman–Crippen LogP) is 2.31. The molecule has 126 valence electrons. The summed E-state index contributed by atoms with van der Waals surface area (Å²) in [7, 11) is 0. The molecule has 0 unspecified atom stereocenters. The number of carbonyl (C=O) groups is 2. The molecule has 2 amide bonds. The van der Waals surface area contributed by atoms with Crippen molar-refractivity contribution in [1.82, 2.24) is 5.43 Å². The fourth-order valence-electron chi connectivity index (χ4n) is 1.94. The highest BCUT2D eigenvalue weighted by Crippen LogP contribution is 2.11. The van der Waals surface area contributed by atoms with Crippen LogP contribution in [-0.4, -0.2) is 24.6 Å². The van der Waals surface area contributed by atoms with Gasteiger partial charge in [-0.1, -0.05) is 6.07 Å². The van der Waals surface area contributed by atoms with Gasteiger partial charge in [-0.2, -0.15) is 10.4 Å². The van der Waals surface area contributed by atoms with E-state index in [2.05, 4.69) is 15.8 Å². The molecule has 0 heterocycles. The number of nitriles is 1. The highest BCUT2D eigenvalue weighted by atomic mass is 16.5. The van der Waals surface area contributed by atoms with Gasteiger partial charge in [0.15, 0.2) is 6.61 Å². The van der Waals surface area contributed by atoms with Gasteiger partial charge in [-0.15, -0.1) is 0 Å². The first-order chi connectivity index (χ1) is 12.1. The third-order valence-corrected chi connectivity index (χ3v) is 3.01. The largest absolute Gasteiger partial charge is 0.479 e. The minimum atomic E-state index is -0.391. The van der Waals surface area contributed by atoms with Gasteiger partial charge in [-0.3, -0.25) is 9.59 Å². The van der Waals surface area contributed by atoms with E-state index in [0.29, 0.717) is 17.0 Å². The molecule has 0 aliphatic rings. The minimum absolute atomic E-state index is 0.0129. The number of hydrazone groups is 1. The van der Waals surface area contributed by atoms with Crippen molar-refractivity contribution in [3.05, 3.63) is 59.7 Å². The van der Waals surface area contributed by atoms with E-state index < -0.39 is 5.91 Å². The van der Waals surface area contributed by atoms with Crippen molar-refractivity contribution >= 4 is 23.7 Å². The summed E-state index contributed by atoms with van der Waals surface area (Å²) in [6.07, 6.45) is 1.49.